The highest BCUT2D eigenvalue weighted by molar-refractivity contribution is 6.09. The van der Waals surface area contributed by atoms with Crippen LogP contribution in [0.5, 0.6) is 0 Å². The van der Waals surface area contributed by atoms with Crippen LogP contribution >= 0.6 is 0 Å². The number of hydrogen-bond acceptors (Lipinski definition) is 3. The summed E-state index contributed by atoms with van der Waals surface area (Å²) >= 11 is 0. The van der Waals surface area contributed by atoms with E-state index >= 15 is 0 Å². The van der Waals surface area contributed by atoms with Crippen LogP contribution in [0.3, 0.4) is 0 Å². The first-order valence-electron chi connectivity index (χ1n) is 8.02. The van der Waals surface area contributed by atoms with Crippen molar-refractivity contribution in [2.24, 2.45) is 0 Å². The summed E-state index contributed by atoms with van der Waals surface area (Å²) in [5, 5.41) is 2.49. The number of benzene rings is 1. The van der Waals surface area contributed by atoms with Gasteiger partial charge in [0, 0.05) is 25.0 Å². The smallest absolute Gasteiger partial charge is 0.237 e. The number of amides is 2. The van der Waals surface area contributed by atoms with Gasteiger partial charge in [0.2, 0.25) is 11.8 Å². The van der Waals surface area contributed by atoms with Gasteiger partial charge in [-0.1, -0.05) is 30.3 Å². The Labute approximate surface area is 132 Å². The van der Waals surface area contributed by atoms with E-state index in [1.807, 2.05) is 30.3 Å². The molecule has 2 rings (SSSR count). The molecule has 22 heavy (non-hydrogen) atoms. The van der Waals surface area contributed by atoms with E-state index in [4.69, 9.17) is 0 Å². The van der Waals surface area contributed by atoms with Crippen molar-refractivity contribution in [2.45, 2.75) is 58.0 Å². The van der Waals surface area contributed by atoms with Crippen LogP contribution in [-0.4, -0.2) is 35.3 Å². The Morgan fingerprint density at radius 2 is 1.68 bits per heavy atom. The van der Waals surface area contributed by atoms with Gasteiger partial charge in [-0.3, -0.25) is 19.8 Å². The number of nitrogens with zero attached hydrogens (tertiary/aromatic N) is 1. The van der Waals surface area contributed by atoms with Gasteiger partial charge in [-0.2, -0.15) is 0 Å². The standard InChI is InChI=1S/C18H26N2O2/c1-13(2)20(14(3)4)11-10-18(12-16(21)19-17(18)22)15-8-6-5-7-9-15/h5-9,13-14H,10-12H2,1-4H3,(H,19,21,22). The second-order valence-electron chi connectivity index (χ2n) is 6.68. The third-order valence-electron chi connectivity index (χ3n) is 4.60. The molecule has 0 saturated carbocycles. The van der Waals surface area contributed by atoms with Gasteiger partial charge in [-0.25, -0.2) is 0 Å². The summed E-state index contributed by atoms with van der Waals surface area (Å²) in [7, 11) is 0. The Morgan fingerprint density at radius 1 is 1.09 bits per heavy atom. The molecule has 1 aliphatic heterocycles. The highest BCUT2D eigenvalue weighted by Crippen LogP contribution is 2.36. The fourth-order valence-electron chi connectivity index (χ4n) is 3.41. The van der Waals surface area contributed by atoms with Crippen molar-refractivity contribution in [3.8, 4) is 0 Å². The van der Waals surface area contributed by atoms with Crippen LogP contribution in [0.2, 0.25) is 0 Å². The van der Waals surface area contributed by atoms with E-state index in [1.54, 1.807) is 0 Å². The molecular weight excluding hydrogens is 276 g/mol. The largest absolute Gasteiger partial charge is 0.298 e. The molecule has 0 bridgehead atoms. The predicted octanol–water partition coefficient (Wildman–Crippen LogP) is 2.48. The van der Waals surface area contributed by atoms with Crippen LogP contribution < -0.4 is 5.32 Å². The number of carbonyl (C=O) groups excluding carboxylic acids is 2. The Bertz CT molecular complexity index is 531. The summed E-state index contributed by atoms with van der Waals surface area (Å²) in [6.07, 6.45) is 0.908. The zero-order valence-corrected chi connectivity index (χ0v) is 13.9. The average Bonchev–Trinajstić information content (AvgIpc) is 2.74. The Hall–Kier alpha value is -1.68. The number of rotatable bonds is 6. The van der Waals surface area contributed by atoms with E-state index in [9.17, 15) is 9.59 Å². The Balaban J connectivity index is 2.27. The van der Waals surface area contributed by atoms with Crippen molar-refractivity contribution >= 4 is 11.8 Å². The van der Waals surface area contributed by atoms with Crippen molar-refractivity contribution in [1.82, 2.24) is 10.2 Å². The van der Waals surface area contributed by atoms with Crippen LogP contribution in [0.1, 0.15) is 46.1 Å². The molecule has 0 radical (unpaired) electrons. The molecule has 4 nitrogen and oxygen atoms in total. The topological polar surface area (TPSA) is 49.4 Å². The molecule has 0 spiro atoms. The summed E-state index contributed by atoms with van der Waals surface area (Å²) in [6.45, 7) is 9.44. The molecule has 0 aromatic heterocycles. The maximum atomic E-state index is 12.5. The van der Waals surface area contributed by atoms with Crippen LogP contribution in [0, 0.1) is 0 Å². The molecule has 2 amide bonds. The molecule has 0 aliphatic carbocycles. The number of imide groups is 1. The summed E-state index contributed by atoms with van der Waals surface area (Å²) < 4.78 is 0. The van der Waals surface area contributed by atoms with E-state index in [1.165, 1.54) is 0 Å². The van der Waals surface area contributed by atoms with Gasteiger partial charge in [-0.05, 0) is 39.7 Å². The third-order valence-corrected chi connectivity index (χ3v) is 4.60. The van der Waals surface area contributed by atoms with Crippen LogP contribution in [0.15, 0.2) is 30.3 Å². The first-order chi connectivity index (χ1) is 10.4. The lowest BCUT2D eigenvalue weighted by Gasteiger charge is -2.34. The maximum Gasteiger partial charge on any atom is 0.237 e. The third kappa shape index (κ3) is 3.22. The number of nitrogens with one attached hydrogen (secondary N) is 1. The van der Waals surface area contributed by atoms with Crippen LogP contribution in [-0.2, 0) is 15.0 Å². The molecule has 1 fully saturated rings. The van der Waals surface area contributed by atoms with Gasteiger partial charge in [0.15, 0.2) is 0 Å². The highest BCUT2D eigenvalue weighted by atomic mass is 16.2. The second-order valence-corrected chi connectivity index (χ2v) is 6.68. The molecule has 1 heterocycles. The van der Waals surface area contributed by atoms with Crippen molar-refractivity contribution < 1.29 is 9.59 Å². The van der Waals surface area contributed by atoms with Gasteiger partial charge in [0.05, 0.1) is 5.41 Å². The first kappa shape index (κ1) is 16.7. The minimum absolute atomic E-state index is 0.156. The minimum Gasteiger partial charge on any atom is -0.298 e. The molecule has 1 unspecified atom stereocenters. The summed E-state index contributed by atoms with van der Waals surface area (Å²) in [6, 6.07) is 10.5. The van der Waals surface area contributed by atoms with Crippen molar-refractivity contribution in [1.29, 1.82) is 0 Å². The van der Waals surface area contributed by atoms with Crippen molar-refractivity contribution in [3.63, 3.8) is 0 Å². The quantitative estimate of drug-likeness (QED) is 0.821. The van der Waals surface area contributed by atoms with Crippen molar-refractivity contribution in [3.05, 3.63) is 35.9 Å². The zero-order chi connectivity index (χ0) is 16.3. The lowest BCUT2D eigenvalue weighted by molar-refractivity contribution is -0.126. The molecule has 1 atom stereocenters. The van der Waals surface area contributed by atoms with Gasteiger partial charge in [-0.15, -0.1) is 0 Å². The van der Waals surface area contributed by atoms with Gasteiger partial charge in [0.1, 0.15) is 0 Å². The Morgan fingerprint density at radius 3 is 2.14 bits per heavy atom. The average molecular weight is 302 g/mol. The minimum atomic E-state index is -0.722. The van der Waals surface area contributed by atoms with Gasteiger partial charge < -0.3 is 0 Å². The highest BCUT2D eigenvalue weighted by Gasteiger charge is 2.47. The lowest BCUT2D eigenvalue weighted by atomic mass is 9.76. The number of carbonyl (C=O) groups is 2. The molecule has 120 valence electrons. The predicted molar refractivity (Wildman–Crippen MR) is 87.5 cm³/mol. The van der Waals surface area contributed by atoms with E-state index in [0.29, 0.717) is 18.5 Å². The summed E-state index contributed by atoms with van der Waals surface area (Å²) in [5.74, 6) is -0.328. The van der Waals surface area contributed by atoms with E-state index < -0.39 is 5.41 Å². The lowest BCUT2D eigenvalue weighted by Crippen LogP contribution is -2.43. The van der Waals surface area contributed by atoms with E-state index in [-0.39, 0.29) is 18.2 Å². The monoisotopic (exact) mass is 302 g/mol. The molecule has 1 N–H and O–H groups in total. The summed E-state index contributed by atoms with van der Waals surface area (Å²) in [4.78, 5) is 26.7. The summed E-state index contributed by atoms with van der Waals surface area (Å²) in [5.41, 5.74) is 0.214. The molecule has 1 aromatic carbocycles. The maximum absolute atomic E-state index is 12.5. The molecule has 1 aliphatic rings. The molecule has 1 saturated heterocycles. The zero-order valence-electron chi connectivity index (χ0n) is 13.9. The molecular formula is C18H26N2O2. The second kappa shape index (κ2) is 6.61. The van der Waals surface area contributed by atoms with Crippen molar-refractivity contribution in [2.75, 3.05) is 6.54 Å². The number of hydrogen-bond donors (Lipinski definition) is 1. The Kier molecular flexibility index (Phi) is 5.01. The van der Waals surface area contributed by atoms with Gasteiger partial charge in [0.25, 0.3) is 0 Å². The fraction of sp³-hybridized carbons (Fsp3) is 0.556. The molecule has 1 aromatic rings. The van der Waals surface area contributed by atoms with Gasteiger partial charge >= 0.3 is 0 Å². The molecule has 4 heteroatoms. The van der Waals surface area contributed by atoms with E-state index in [0.717, 1.165) is 12.1 Å². The normalized spacial score (nSPS) is 22.0. The van der Waals surface area contributed by atoms with E-state index in [2.05, 4.69) is 37.9 Å². The SMILES string of the molecule is CC(C)N(CCC1(c2ccccc2)CC(=O)NC1=O)C(C)C. The van der Waals surface area contributed by atoms with Crippen LogP contribution in [0.4, 0.5) is 0 Å². The first-order valence-corrected chi connectivity index (χ1v) is 8.02. The fourth-order valence-corrected chi connectivity index (χ4v) is 3.41. The van der Waals surface area contributed by atoms with Crippen LogP contribution in [0.25, 0.3) is 0 Å².